The minimum atomic E-state index is 0.786. The van der Waals surface area contributed by atoms with Crippen LogP contribution in [0.3, 0.4) is 0 Å². The topological polar surface area (TPSA) is 25.2 Å². The molecule has 0 saturated heterocycles. The summed E-state index contributed by atoms with van der Waals surface area (Å²) < 4.78 is 5.03. The normalized spacial score (nSPS) is 17.4. The zero-order chi connectivity index (χ0) is 9.80. The summed E-state index contributed by atoms with van der Waals surface area (Å²) in [6.45, 7) is 3.22. The van der Waals surface area contributed by atoms with E-state index in [2.05, 4.69) is 18.3 Å². The van der Waals surface area contributed by atoms with Crippen molar-refractivity contribution in [3.8, 4) is 0 Å². The summed E-state index contributed by atoms with van der Waals surface area (Å²) in [7, 11) is 0. The Morgan fingerprint density at radius 1 is 1.64 bits per heavy atom. The maximum atomic E-state index is 5.03. The molecule has 0 aliphatic heterocycles. The molecule has 0 atom stereocenters. The average molecular weight is 191 g/mol. The molecule has 1 heterocycles. The molecule has 1 saturated carbocycles. The predicted molar refractivity (Wildman–Crippen MR) is 58.0 cm³/mol. The van der Waals surface area contributed by atoms with E-state index in [1.165, 1.54) is 24.0 Å². The van der Waals surface area contributed by atoms with Gasteiger partial charge in [-0.05, 0) is 25.3 Å². The summed E-state index contributed by atoms with van der Waals surface area (Å²) in [6, 6.07) is 2.78. The van der Waals surface area contributed by atoms with Gasteiger partial charge in [-0.3, -0.25) is 0 Å². The van der Waals surface area contributed by atoms with Gasteiger partial charge in [-0.25, -0.2) is 0 Å². The number of furan rings is 1. The van der Waals surface area contributed by atoms with Gasteiger partial charge in [0.25, 0.3) is 0 Å². The first kappa shape index (κ1) is 9.53. The minimum absolute atomic E-state index is 0.786. The molecular formula is C12H17NO. The van der Waals surface area contributed by atoms with Crippen molar-refractivity contribution in [3.05, 3.63) is 29.7 Å². The molecule has 0 aromatic carbocycles. The second-order valence-electron chi connectivity index (χ2n) is 3.87. The summed E-state index contributed by atoms with van der Waals surface area (Å²) in [6.07, 6.45) is 9.51. The van der Waals surface area contributed by atoms with Crippen molar-refractivity contribution in [2.45, 2.75) is 32.2 Å². The maximum Gasteiger partial charge on any atom is 0.0974 e. The third kappa shape index (κ3) is 2.74. The molecule has 76 valence electrons. The molecule has 1 aliphatic carbocycles. The van der Waals surface area contributed by atoms with E-state index in [0.717, 1.165) is 19.0 Å². The fourth-order valence-corrected chi connectivity index (χ4v) is 1.43. The summed E-state index contributed by atoms with van der Waals surface area (Å²) in [4.78, 5) is 0. The van der Waals surface area contributed by atoms with Gasteiger partial charge < -0.3 is 9.73 Å². The van der Waals surface area contributed by atoms with Crippen LogP contribution in [0.2, 0.25) is 0 Å². The zero-order valence-electron chi connectivity index (χ0n) is 8.62. The zero-order valence-corrected chi connectivity index (χ0v) is 8.62. The number of rotatable bonds is 5. The van der Waals surface area contributed by atoms with Crippen LogP contribution in [0.15, 0.2) is 28.6 Å². The lowest BCUT2D eigenvalue weighted by Gasteiger charge is -2.05. The first-order chi connectivity index (χ1) is 6.88. The van der Waals surface area contributed by atoms with E-state index in [1.54, 1.807) is 12.5 Å². The molecule has 1 fully saturated rings. The van der Waals surface area contributed by atoms with Crippen molar-refractivity contribution in [1.82, 2.24) is 5.32 Å². The van der Waals surface area contributed by atoms with E-state index in [9.17, 15) is 0 Å². The maximum absolute atomic E-state index is 5.03. The van der Waals surface area contributed by atoms with Crippen molar-refractivity contribution in [1.29, 1.82) is 0 Å². The Labute approximate surface area is 85.0 Å². The quantitative estimate of drug-likeness (QED) is 0.774. The lowest BCUT2D eigenvalue weighted by Crippen LogP contribution is -2.18. The van der Waals surface area contributed by atoms with E-state index in [-0.39, 0.29) is 0 Å². The lowest BCUT2D eigenvalue weighted by atomic mass is 10.1. The average Bonchev–Trinajstić information content (AvgIpc) is 2.90. The van der Waals surface area contributed by atoms with Crippen LogP contribution in [0.25, 0.3) is 6.08 Å². The van der Waals surface area contributed by atoms with Crippen molar-refractivity contribution >= 4 is 6.08 Å². The summed E-state index contributed by atoms with van der Waals surface area (Å²) in [5.74, 6) is 0. The highest BCUT2D eigenvalue weighted by Gasteiger charge is 2.19. The van der Waals surface area contributed by atoms with Crippen molar-refractivity contribution in [3.63, 3.8) is 0 Å². The third-order valence-electron chi connectivity index (χ3n) is 2.56. The van der Waals surface area contributed by atoms with Gasteiger partial charge in [0.1, 0.15) is 0 Å². The predicted octanol–water partition coefficient (Wildman–Crippen LogP) is 2.83. The van der Waals surface area contributed by atoms with Crippen molar-refractivity contribution in [2.75, 3.05) is 6.54 Å². The van der Waals surface area contributed by atoms with Crippen molar-refractivity contribution < 1.29 is 4.42 Å². The second kappa shape index (κ2) is 4.47. The Kier molecular flexibility index (Phi) is 3.04. The van der Waals surface area contributed by atoms with Crippen molar-refractivity contribution in [2.24, 2.45) is 0 Å². The largest absolute Gasteiger partial charge is 0.472 e. The van der Waals surface area contributed by atoms with Crippen LogP contribution >= 0.6 is 0 Å². The number of hydrogen-bond acceptors (Lipinski definition) is 2. The molecule has 1 aromatic heterocycles. The molecule has 1 aromatic rings. The van der Waals surface area contributed by atoms with Crippen LogP contribution in [0.4, 0.5) is 0 Å². The first-order valence-corrected chi connectivity index (χ1v) is 5.33. The fourth-order valence-electron chi connectivity index (χ4n) is 1.43. The SMILES string of the molecule is CCC(=Cc1ccoc1)CNC1CC1. The van der Waals surface area contributed by atoms with Crippen LogP contribution in [0.5, 0.6) is 0 Å². The van der Waals surface area contributed by atoms with Crippen LogP contribution in [-0.4, -0.2) is 12.6 Å². The molecule has 2 nitrogen and oxygen atoms in total. The monoisotopic (exact) mass is 191 g/mol. The van der Waals surface area contributed by atoms with Crippen LogP contribution in [-0.2, 0) is 0 Å². The Morgan fingerprint density at radius 2 is 2.50 bits per heavy atom. The van der Waals surface area contributed by atoms with Gasteiger partial charge in [0.05, 0.1) is 12.5 Å². The van der Waals surface area contributed by atoms with E-state index in [1.807, 2.05) is 6.07 Å². The number of nitrogens with one attached hydrogen (secondary N) is 1. The fraction of sp³-hybridized carbons (Fsp3) is 0.500. The first-order valence-electron chi connectivity index (χ1n) is 5.33. The summed E-state index contributed by atoms with van der Waals surface area (Å²) in [5.41, 5.74) is 2.61. The van der Waals surface area contributed by atoms with Crippen LogP contribution in [0.1, 0.15) is 31.7 Å². The molecule has 0 spiro atoms. The highest BCUT2D eigenvalue weighted by Crippen LogP contribution is 2.19. The standard InChI is InChI=1S/C12H17NO/c1-2-10(8-13-12-3-4-12)7-11-5-6-14-9-11/h5-7,9,12-13H,2-4,8H2,1H3. The molecule has 1 N–H and O–H groups in total. The Morgan fingerprint density at radius 3 is 3.07 bits per heavy atom. The van der Waals surface area contributed by atoms with Gasteiger partial charge in [0.15, 0.2) is 0 Å². The second-order valence-corrected chi connectivity index (χ2v) is 3.87. The van der Waals surface area contributed by atoms with E-state index >= 15 is 0 Å². The lowest BCUT2D eigenvalue weighted by molar-refractivity contribution is 0.566. The molecule has 14 heavy (non-hydrogen) atoms. The molecule has 0 amide bonds. The van der Waals surface area contributed by atoms with E-state index in [4.69, 9.17) is 4.42 Å². The number of hydrogen-bond donors (Lipinski definition) is 1. The molecule has 2 rings (SSSR count). The highest BCUT2D eigenvalue weighted by molar-refractivity contribution is 5.51. The smallest absolute Gasteiger partial charge is 0.0974 e. The summed E-state index contributed by atoms with van der Waals surface area (Å²) >= 11 is 0. The summed E-state index contributed by atoms with van der Waals surface area (Å²) in [5, 5.41) is 3.52. The third-order valence-corrected chi connectivity index (χ3v) is 2.56. The Balaban J connectivity index is 1.90. The van der Waals surface area contributed by atoms with E-state index in [0.29, 0.717) is 0 Å². The van der Waals surface area contributed by atoms with Gasteiger partial charge in [0.2, 0.25) is 0 Å². The molecule has 1 aliphatic rings. The molecular weight excluding hydrogens is 174 g/mol. The van der Waals surface area contributed by atoms with Gasteiger partial charge >= 0.3 is 0 Å². The highest BCUT2D eigenvalue weighted by atomic mass is 16.3. The van der Waals surface area contributed by atoms with E-state index < -0.39 is 0 Å². The van der Waals surface area contributed by atoms with Gasteiger partial charge in [-0.2, -0.15) is 0 Å². The molecule has 2 heteroatoms. The Hall–Kier alpha value is -1.02. The molecule has 0 unspecified atom stereocenters. The van der Waals surface area contributed by atoms with Crippen LogP contribution in [0, 0.1) is 0 Å². The Bertz CT molecular complexity index is 296. The minimum Gasteiger partial charge on any atom is -0.472 e. The van der Waals surface area contributed by atoms with Crippen LogP contribution < -0.4 is 5.32 Å². The van der Waals surface area contributed by atoms with Gasteiger partial charge in [-0.1, -0.05) is 18.6 Å². The van der Waals surface area contributed by atoms with Gasteiger partial charge in [-0.15, -0.1) is 0 Å². The molecule has 0 bridgehead atoms. The molecule has 0 radical (unpaired) electrons. The van der Waals surface area contributed by atoms with Gasteiger partial charge in [0, 0.05) is 18.2 Å².